The van der Waals surface area contributed by atoms with Crippen molar-refractivity contribution in [1.82, 2.24) is 4.98 Å². The summed E-state index contributed by atoms with van der Waals surface area (Å²) in [6, 6.07) is 9.69. The van der Waals surface area contributed by atoms with Gasteiger partial charge in [0, 0.05) is 10.7 Å². The number of rotatable bonds is 3. The maximum Gasteiger partial charge on any atom is 0.339 e. The molecule has 0 amide bonds. The SMILES string of the molecule is O=C(O)c1ccc(Cl)nc1Nc1cccc(Cl)c1. The first-order valence-corrected chi connectivity index (χ1v) is 5.74. The van der Waals surface area contributed by atoms with Crippen LogP contribution in [0.1, 0.15) is 10.4 Å². The number of nitrogens with zero attached hydrogens (tertiary/aromatic N) is 1. The highest BCUT2D eigenvalue weighted by Gasteiger charge is 2.12. The van der Waals surface area contributed by atoms with Gasteiger partial charge in [-0.2, -0.15) is 0 Å². The number of carboxylic acids is 1. The number of carboxylic acid groups (broad SMARTS) is 1. The van der Waals surface area contributed by atoms with E-state index in [0.717, 1.165) is 0 Å². The number of hydrogen-bond donors (Lipinski definition) is 2. The minimum absolute atomic E-state index is 0.0411. The molecule has 0 fully saturated rings. The van der Waals surface area contributed by atoms with Crippen molar-refractivity contribution >= 4 is 40.7 Å². The Labute approximate surface area is 113 Å². The molecule has 92 valence electrons. The van der Waals surface area contributed by atoms with Crippen LogP contribution >= 0.6 is 23.2 Å². The Hall–Kier alpha value is -1.78. The second kappa shape index (κ2) is 5.25. The predicted molar refractivity (Wildman–Crippen MR) is 70.9 cm³/mol. The van der Waals surface area contributed by atoms with Crippen molar-refractivity contribution in [2.75, 3.05) is 5.32 Å². The Morgan fingerprint density at radius 1 is 1.22 bits per heavy atom. The molecular weight excluding hydrogens is 275 g/mol. The summed E-state index contributed by atoms with van der Waals surface area (Å²) in [6.45, 7) is 0. The Morgan fingerprint density at radius 2 is 2.00 bits per heavy atom. The summed E-state index contributed by atoms with van der Waals surface area (Å²) in [5.74, 6) is -0.902. The number of aromatic carboxylic acids is 1. The molecule has 0 aliphatic heterocycles. The van der Waals surface area contributed by atoms with E-state index in [0.29, 0.717) is 10.7 Å². The number of aromatic nitrogens is 1. The van der Waals surface area contributed by atoms with E-state index in [1.165, 1.54) is 12.1 Å². The van der Waals surface area contributed by atoms with Crippen LogP contribution < -0.4 is 5.32 Å². The van der Waals surface area contributed by atoms with Gasteiger partial charge in [-0.05, 0) is 30.3 Å². The van der Waals surface area contributed by atoms with E-state index in [4.69, 9.17) is 28.3 Å². The normalized spacial score (nSPS) is 10.1. The fourth-order valence-corrected chi connectivity index (χ4v) is 1.74. The molecule has 2 aromatic rings. The lowest BCUT2D eigenvalue weighted by Gasteiger charge is -2.09. The fraction of sp³-hybridized carbons (Fsp3) is 0. The zero-order valence-electron chi connectivity index (χ0n) is 9.02. The molecule has 0 aliphatic carbocycles. The summed E-state index contributed by atoms with van der Waals surface area (Å²) >= 11 is 11.6. The van der Waals surface area contributed by atoms with Crippen LogP contribution in [0.5, 0.6) is 0 Å². The smallest absolute Gasteiger partial charge is 0.339 e. The third-order valence-electron chi connectivity index (χ3n) is 2.18. The van der Waals surface area contributed by atoms with Gasteiger partial charge >= 0.3 is 5.97 Å². The third kappa shape index (κ3) is 2.91. The number of anilines is 2. The zero-order chi connectivity index (χ0) is 13.1. The highest BCUT2D eigenvalue weighted by atomic mass is 35.5. The first-order chi connectivity index (χ1) is 8.56. The van der Waals surface area contributed by atoms with Gasteiger partial charge < -0.3 is 10.4 Å². The average Bonchev–Trinajstić information content (AvgIpc) is 2.28. The molecule has 1 aromatic carbocycles. The zero-order valence-corrected chi connectivity index (χ0v) is 10.5. The van der Waals surface area contributed by atoms with Crippen LogP contribution in [-0.4, -0.2) is 16.1 Å². The fourth-order valence-electron chi connectivity index (χ4n) is 1.41. The minimum atomic E-state index is -1.08. The predicted octanol–water partition coefficient (Wildman–Crippen LogP) is 3.83. The van der Waals surface area contributed by atoms with Crippen molar-refractivity contribution in [2.45, 2.75) is 0 Å². The van der Waals surface area contributed by atoms with Crippen molar-refractivity contribution in [3.63, 3.8) is 0 Å². The maximum atomic E-state index is 11.0. The van der Waals surface area contributed by atoms with Crippen molar-refractivity contribution < 1.29 is 9.90 Å². The van der Waals surface area contributed by atoms with Gasteiger partial charge in [-0.1, -0.05) is 29.3 Å². The maximum absolute atomic E-state index is 11.0. The quantitative estimate of drug-likeness (QED) is 0.840. The molecule has 0 bridgehead atoms. The summed E-state index contributed by atoms with van der Waals surface area (Å²) in [7, 11) is 0. The Morgan fingerprint density at radius 3 is 2.67 bits per heavy atom. The van der Waals surface area contributed by atoms with E-state index in [1.807, 2.05) is 0 Å². The lowest BCUT2D eigenvalue weighted by atomic mass is 10.2. The van der Waals surface area contributed by atoms with Crippen LogP contribution in [0.3, 0.4) is 0 Å². The van der Waals surface area contributed by atoms with Crippen LogP contribution in [0.2, 0.25) is 10.2 Å². The minimum Gasteiger partial charge on any atom is -0.478 e. The summed E-state index contributed by atoms with van der Waals surface area (Å²) in [6.07, 6.45) is 0. The molecule has 1 aromatic heterocycles. The van der Waals surface area contributed by atoms with Gasteiger partial charge in [0.05, 0.1) is 0 Å². The molecule has 0 saturated carbocycles. The molecule has 18 heavy (non-hydrogen) atoms. The molecule has 0 aliphatic rings. The van der Waals surface area contributed by atoms with Crippen LogP contribution in [0.15, 0.2) is 36.4 Å². The highest BCUT2D eigenvalue weighted by molar-refractivity contribution is 6.31. The van der Waals surface area contributed by atoms with E-state index < -0.39 is 5.97 Å². The first kappa shape index (κ1) is 12.7. The molecule has 2 N–H and O–H groups in total. The summed E-state index contributed by atoms with van der Waals surface area (Å²) in [5, 5.41) is 12.7. The van der Waals surface area contributed by atoms with Gasteiger partial charge in [-0.3, -0.25) is 0 Å². The van der Waals surface area contributed by atoms with E-state index in [1.54, 1.807) is 24.3 Å². The van der Waals surface area contributed by atoms with Crippen molar-refractivity contribution in [1.29, 1.82) is 0 Å². The molecule has 6 heteroatoms. The van der Waals surface area contributed by atoms with Gasteiger partial charge in [-0.25, -0.2) is 9.78 Å². The second-order valence-corrected chi connectivity index (χ2v) is 4.29. The molecule has 0 radical (unpaired) electrons. The molecule has 0 atom stereocenters. The van der Waals surface area contributed by atoms with E-state index >= 15 is 0 Å². The Balaban J connectivity index is 2.39. The lowest BCUT2D eigenvalue weighted by molar-refractivity contribution is 0.0697. The molecule has 1 heterocycles. The largest absolute Gasteiger partial charge is 0.478 e. The first-order valence-electron chi connectivity index (χ1n) is 4.98. The van der Waals surface area contributed by atoms with Gasteiger partial charge in [0.15, 0.2) is 0 Å². The van der Waals surface area contributed by atoms with Crippen LogP contribution in [0, 0.1) is 0 Å². The molecule has 4 nitrogen and oxygen atoms in total. The number of nitrogens with one attached hydrogen (secondary N) is 1. The third-order valence-corrected chi connectivity index (χ3v) is 2.62. The summed E-state index contributed by atoms with van der Waals surface area (Å²) < 4.78 is 0. The van der Waals surface area contributed by atoms with Gasteiger partial charge in [0.1, 0.15) is 16.5 Å². The monoisotopic (exact) mass is 282 g/mol. The van der Waals surface area contributed by atoms with Crippen molar-refractivity contribution in [3.05, 3.63) is 52.1 Å². The highest BCUT2D eigenvalue weighted by Crippen LogP contribution is 2.23. The number of pyridine rings is 1. The number of halogens is 2. The summed E-state index contributed by atoms with van der Waals surface area (Å²) in [4.78, 5) is 15.0. The molecular formula is C12H8Cl2N2O2. The average molecular weight is 283 g/mol. The molecule has 0 spiro atoms. The Kier molecular flexibility index (Phi) is 3.69. The molecule has 0 saturated heterocycles. The summed E-state index contributed by atoms with van der Waals surface area (Å²) in [5.41, 5.74) is 0.680. The van der Waals surface area contributed by atoms with Crippen LogP contribution in [0.25, 0.3) is 0 Å². The topological polar surface area (TPSA) is 62.2 Å². The second-order valence-electron chi connectivity index (χ2n) is 3.47. The standard InChI is InChI=1S/C12H8Cl2N2O2/c13-7-2-1-3-8(6-7)15-11-9(12(17)18)4-5-10(14)16-11/h1-6H,(H,15,16)(H,17,18). The van der Waals surface area contributed by atoms with E-state index in [9.17, 15) is 4.79 Å². The lowest BCUT2D eigenvalue weighted by Crippen LogP contribution is -2.04. The van der Waals surface area contributed by atoms with Gasteiger partial charge in [-0.15, -0.1) is 0 Å². The molecule has 0 unspecified atom stereocenters. The van der Waals surface area contributed by atoms with Crippen molar-refractivity contribution in [2.24, 2.45) is 0 Å². The van der Waals surface area contributed by atoms with E-state index in [2.05, 4.69) is 10.3 Å². The Bertz CT molecular complexity index is 602. The van der Waals surface area contributed by atoms with Gasteiger partial charge in [0.25, 0.3) is 0 Å². The van der Waals surface area contributed by atoms with Crippen molar-refractivity contribution in [3.8, 4) is 0 Å². The van der Waals surface area contributed by atoms with Crippen LogP contribution in [0.4, 0.5) is 11.5 Å². The van der Waals surface area contributed by atoms with E-state index in [-0.39, 0.29) is 16.5 Å². The number of carbonyl (C=O) groups is 1. The molecule has 2 rings (SSSR count). The number of benzene rings is 1. The van der Waals surface area contributed by atoms with Gasteiger partial charge in [0.2, 0.25) is 0 Å². The van der Waals surface area contributed by atoms with Crippen LogP contribution in [-0.2, 0) is 0 Å². The number of hydrogen-bond acceptors (Lipinski definition) is 3.